The van der Waals surface area contributed by atoms with Crippen LogP contribution >= 0.6 is 11.3 Å². The van der Waals surface area contributed by atoms with Crippen molar-refractivity contribution in [2.75, 3.05) is 7.11 Å². The van der Waals surface area contributed by atoms with Gasteiger partial charge in [-0.2, -0.15) is 0 Å². The molecular formula is C18H20N2O3S. The Labute approximate surface area is 145 Å². The number of methoxy groups -OCH3 is 1. The summed E-state index contributed by atoms with van der Waals surface area (Å²) in [6.45, 7) is 3.73. The van der Waals surface area contributed by atoms with Crippen molar-refractivity contribution in [2.45, 2.75) is 25.8 Å². The van der Waals surface area contributed by atoms with Crippen LogP contribution in [0, 0.1) is 6.92 Å². The Kier molecular flexibility index (Phi) is 5.87. The molecule has 1 amide bonds. The molecule has 6 heteroatoms. The summed E-state index contributed by atoms with van der Waals surface area (Å²) in [6.07, 6.45) is 5.17. The van der Waals surface area contributed by atoms with Crippen LogP contribution < -0.4 is 5.32 Å². The number of carbonyl (C=O) groups is 2. The summed E-state index contributed by atoms with van der Waals surface area (Å²) in [5.74, 6) is -0.858. The number of aryl methyl sites for hydroxylation is 1. The molecule has 1 unspecified atom stereocenters. The first-order valence-electron chi connectivity index (χ1n) is 7.58. The van der Waals surface area contributed by atoms with Crippen LogP contribution in [0.3, 0.4) is 0 Å². The van der Waals surface area contributed by atoms with Gasteiger partial charge in [0.15, 0.2) is 5.54 Å². The van der Waals surface area contributed by atoms with Gasteiger partial charge >= 0.3 is 5.97 Å². The molecule has 1 N–H and O–H groups in total. The van der Waals surface area contributed by atoms with E-state index >= 15 is 0 Å². The lowest BCUT2D eigenvalue weighted by Crippen LogP contribution is -2.51. The average Bonchev–Trinajstić information content (AvgIpc) is 3.03. The average molecular weight is 344 g/mol. The van der Waals surface area contributed by atoms with Gasteiger partial charge in [-0.15, -0.1) is 11.3 Å². The number of thiazole rings is 1. The van der Waals surface area contributed by atoms with Crippen LogP contribution in [-0.2, 0) is 19.9 Å². The van der Waals surface area contributed by atoms with Crippen molar-refractivity contribution in [2.24, 2.45) is 0 Å². The van der Waals surface area contributed by atoms with Crippen molar-refractivity contribution in [3.8, 4) is 0 Å². The number of benzene rings is 1. The molecule has 0 saturated carbocycles. The molecule has 24 heavy (non-hydrogen) atoms. The standard InChI is InChI=1S/C18H20N2O3S/c1-4-18(17(22)23-3,14-8-6-5-7-9-14)20-16(21)11-10-15-12-19-13(2)24-15/h5-12H,4H2,1-3H3,(H,20,21)/b11-10+. The lowest BCUT2D eigenvalue weighted by Gasteiger charge is -2.31. The first-order valence-corrected chi connectivity index (χ1v) is 8.40. The molecule has 0 radical (unpaired) electrons. The SMILES string of the molecule is CCC(NC(=O)/C=C/c1cnc(C)s1)(C(=O)OC)c1ccccc1. The predicted octanol–water partition coefficient (Wildman–Crippen LogP) is 3.06. The molecule has 0 aliphatic carbocycles. The van der Waals surface area contributed by atoms with Gasteiger partial charge in [-0.1, -0.05) is 37.3 Å². The fourth-order valence-corrected chi connectivity index (χ4v) is 3.13. The van der Waals surface area contributed by atoms with Gasteiger partial charge in [0.25, 0.3) is 0 Å². The molecule has 0 spiro atoms. The summed E-state index contributed by atoms with van der Waals surface area (Å²) >= 11 is 1.49. The van der Waals surface area contributed by atoms with Gasteiger partial charge in [0, 0.05) is 17.2 Å². The maximum absolute atomic E-state index is 12.4. The van der Waals surface area contributed by atoms with Crippen LogP contribution in [-0.4, -0.2) is 24.0 Å². The highest BCUT2D eigenvalue weighted by molar-refractivity contribution is 7.12. The van der Waals surface area contributed by atoms with Crippen molar-refractivity contribution in [1.82, 2.24) is 10.3 Å². The highest BCUT2D eigenvalue weighted by Gasteiger charge is 2.40. The molecule has 1 heterocycles. The summed E-state index contributed by atoms with van der Waals surface area (Å²) in [6, 6.07) is 9.11. The van der Waals surface area contributed by atoms with E-state index in [0.717, 1.165) is 9.88 Å². The highest BCUT2D eigenvalue weighted by atomic mass is 32.1. The van der Waals surface area contributed by atoms with E-state index in [0.29, 0.717) is 12.0 Å². The monoisotopic (exact) mass is 344 g/mol. The molecule has 0 aliphatic rings. The van der Waals surface area contributed by atoms with Crippen molar-refractivity contribution < 1.29 is 14.3 Å². The zero-order valence-corrected chi connectivity index (χ0v) is 14.7. The number of nitrogens with one attached hydrogen (secondary N) is 1. The van der Waals surface area contributed by atoms with Crippen LogP contribution in [0.5, 0.6) is 0 Å². The summed E-state index contributed by atoms with van der Waals surface area (Å²) in [5, 5.41) is 3.74. The fourth-order valence-electron chi connectivity index (χ4n) is 2.44. The summed E-state index contributed by atoms with van der Waals surface area (Å²) in [7, 11) is 1.32. The number of rotatable bonds is 6. The van der Waals surface area contributed by atoms with Gasteiger partial charge in [-0.25, -0.2) is 9.78 Å². The van der Waals surface area contributed by atoms with Gasteiger partial charge in [0.05, 0.1) is 12.1 Å². The molecule has 0 aliphatic heterocycles. The van der Waals surface area contributed by atoms with E-state index in [1.165, 1.54) is 24.5 Å². The molecule has 5 nitrogen and oxygen atoms in total. The van der Waals surface area contributed by atoms with Crippen LogP contribution in [0.15, 0.2) is 42.6 Å². The van der Waals surface area contributed by atoms with Gasteiger partial charge in [0.2, 0.25) is 5.91 Å². The Bertz CT molecular complexity index is 740. The molecule has 0 bridgehead atoms. The molecular weight excluding hydrogens is 324 g/mol. The predicted molar refractivity (Wildman–Crippen MR) is 94.5 cm³/mol. The summed E-state index contributed by atoms with van der Waals surface area (Å²) < 4.78 is 4.94. The minimum atomic E-state index is -1.21. The van der Waals surface area contributed by atoms with E-state index < -0.39 is 11.5 Å². The third kappa shape index (κ3) is 3.89. The Morgan fingerprint density at radius 3 is 2.58 bits per heavy atom. The lowest BCUT2D eigenvalue weighted by molar-refractivity contribution is -0.151. The maximum Gasteiger partial charge on any atom is 0.336 e. The largest absolute Gasteiger partial charge is 0.467 e. The van der Waals surface area contributed by atoms with Crippen LogP contribution in [0.2, 0.25) is 0 Å². The number of esters is 1. The number of ether oxygens (including phenoxy) is 1. The Hall–Kier alpha value is -2.47. The molecule has 0 fully saturated rings. The van der Waals surface area contributed by atoms with Crippen molar-refractivity contribution >= 4 is 29.3 Å². The highest BCUT2D eigenvalue weighted by Crippen LogP contribution is 2.27. The number of hydrogen-bond donors (Lipinski definition) is 1. The quantitative estimate of drug-likeness (QED) is 0.646. The number of carbonyl (C=O) groups excluding carboxylic acids is 2. The van der Waals surface area contributed by atoms with E-state index in [9.17, 15) is 9.59 Å². The maximum atomic E-state index is 12.4. The fraction of sp³-hybridized carbons (Fsp3) is 0.278. The molecule has 126 valence electrons. The van der Waals surface area contributed by atoms with Crippen LogP contribution in [0.25, 0.3) is 6.08 Å². The second-order valence-corrected chi connectivity index (χ2v) is 6.49. The number of nitrogens with zero attached hydrogens (tertiary/aromatic N) is 1. The molecule has 2 aromatic rings. The van der Waals surface area contributed by atoms with Gasteiger partial charge in [-0.3, -0.25) is 4.79 Å². The van der Waals surface area contributed by atoms with Gasteiger partial charge < -0.3 is 10.1 Å². The summed E-state index contributed by atoms with van der Waals surface area (Å²) in [5.41, 5.74) is -0.518. The number of hydrogen-bond acceptors (Lipinski definition) is 5. The Balaban J connectivity index is 2.26. The Morgan fingerprint density at radius 2 is 2.04 bits per heavy atom. The van der Waals surface area contributed by atoms with E-state index in [1.54, 1.807) is 24.4 Å². The topological polar surface area (TPSA) is 68.3 Å². The zero-order chi connectivity index (χ0) is 17.6. The zero-order valence-electron chi connectivity index (χ0n) is 13.9. The van der Waals surface area contributed by atoms with Gasteiger partial charge in [-0.05, 0) is 25.0 Å². The van der Waals surface area contributed by atoms with Crippen molar-refractivity contribution in [3.05, 3.63) is 58.1 Å². The van der Waals surface area contributed by atoms with Crippen LogP contribution in [0.1, 0.15) is 28.8 Å². The second-order valence-electron chi connectivity index (χ2n) is 5.22. The Morgan fingerprint density at radius 1 is 1.33 bits per heavy atom. The minimum absolute atomic E-state index is 0.364. The smallest absolute Gasteiger partial charge is 0.336 e. The molecule has 1 aromatic heterocycles. The minimum Gasteiger partial charge on any atom is -0.467 e. The van der Waals surface area contributed by atoms with E-state index in [-0.39, 0.29) is 5.91 Å². The summed E-state index contributed by atoms with van der Waals surface area (Å²) in [4.78, 5) is 29.8. The molecule has 1 atom stereocenters. The first-order chi connectivity index (χ1) is 11.5. The number of amides is 1. The molecule has 1 aromatic carbocycles. The van der Waals surface area contributed by atoms with Crippen molar-refractivity contribution in [3.63, 3.8) is 0 Å². The lowest BCUT2D eigenvalue weighted by atomic mass is 9.87. The first kappa shape index (κ1) is 17.9. The number of aromatic nitrogens is 1. The van der Waals surface area contributed by atoms with E-state index in [1.807, 2.05) is 32.0 Å². The third-order valence-electron chi connectivity index (χ3n) is 3.71. The van der Waals surface area contributed by atoms with Crippen LogP contribution in [0.4, 0.5) is 0 Å². The third-order valence-corrected chi connectivity index (χ3v) is 4.58. The molecule has 2 rings (SSSR count). The van der Waals surface area contributed by atoms with E-state index in [2.05, 4.69) is 10.3 Å². The second kappa shape index (κ2) is 7.88. The normalized spacial score (nSPS) is 13.5. The molecule has 0 saturated heterocycles. The van der Waals surface area contributed by atoms with Gasteiger partial charge in [0.1, 0.15) is 0 Å². The van der Waals surface area contributed by atoms with E-state index in [4.69, 9.17) is 4.74 Å². The van der Waals surface area contributed by atoms with Crippen molar-refractivity contribution in [1.29, 1.82) is 0 Å².